The van der Waals surface area contributed by atoms with E-state index in [1.807, 2.05) is 6.07 Å². The van der Waals surface area contributed by atoms with Gasteiger partial charge in [-0.3, -0.25) is 4.79 Å². The summed E-state index contributed by atoms with van der Waals surface area (Å²) in [6.07, 6.45) is 7.52. The van der Waals surface area contributed by atoms with Crippen molar-refractivity contribution in [3.8, 4) is 11.8 Å². The quantitative estimate of drug-likeness (QED) is 0.590. The summed E-state index contributed by atoms with van der Waals surface area (Å²) in [4.78, 5) is 12.2. The lowest BCUT2D eigenvalue weighted by Gasteiger charge is -2.27. The van der Waals surface area contributed by atoms with Crippen LogP contribution in [-0.4, -0.2) is 5.97 Å². The van der Waals surface area contributed by atoms with Crippen molar-refractivity contribution >= 4 is 5.97 Å². The molecule has 0 bridgehead atoms. The fraction of sp³-hybridized carbons (Fsp3) is 0.556. The van der Waals surface area contributed by atoms with Crippen LogP contribution in [0.2, 0.25) is 0 Å². The molecule has 2 rings (SSSR count). The van der Waals surface area contributed by atoms with Crippen LogP contribution in [0.5, 0.6) is 5.75 Å². The standard InChI is InChI=1S/C18H22FNO2/c1-2-3-4-13-5-7-14(8-6-13)18(21)22-17-10-9-16(19)11-15(17)12-20/h9-11,13-14H,2-8H2,1H3/t13-,14-. The summed E-state index contributed by atoms with van der Waals surface area (Å²) in [5.41, 5.74) is 0.0602. The van der Waals surface area contributed by atoms with Crippen molar-refractivity contribution in [2.75, 3.05) is 0 Å². The number of nitriles is 1. The van der Waals surface area contributed by atoms with Gasteiger partial charge < -0.3 is 4.74 Å². The molecule has 0 saturated heterocycles. The highest BCUT2D eigenvalue weighted by Crippen LogP contribution is 2.33. The number of ether oxygens (including phenoxy) is 1. The Balaban J connectivity index is 1.90. The van der Waals surface area contributed by atoms with E-state index in [1.54, 1.807) is 0 Å². The molecule has 1 fully saturated rings. The number of hydrogen-bond acceptors (Lipinski definition) is 3. The molecule has 0 amide bonds. The van der Waals surface area contributed by atoms with Crippen LogP contribution in [-0.2, 0) is 4.79 Å². The molecule has 0 aliphatic heterocycles. The van der Waals surface area contributed by atoms with Crippen LogP contribution in [0.25, 0.3) is 0 Å². The molecule has 22 heavy (non-hydrogen) atoms. The van der Waals surface area contributed by atoms with E-state index < -0.39 is 5.82 Å². The number of nitrogens with zero attached hydrogens (tertiary/aromatic N) is 1. The van der Waals surface area contributed by atoms with Gasteiger partial charge in [0, 0.05) is 0 Å². The minimum atomic E-state index is -0.507. The lowest BCUT2D eigenvalue weighted by Crippen LogP contribution is -2.26. The van der Waals surface area contributed by atoms with Crippen molar-refractivity contribution in [2.24, 2.45) is 11.8 Å². The topological polar surface area (TPSA) is 50.1 Å². The summed E-state index contributed by atoms with van der Waals surface area (Å²) in [6, 6.07) is 5.49. The molecule has 0 atom stereocenters. The molecule has 1 aromatic carbocycles. The fourth-order valence-electron chi connectivity index (χ4n) is 3.05. The molecular weight excluding hydrogens is 281 g/mol. The third kappa shape index (κ3) is 4.30. The van der Waals surface area contributed by atoms with Gasteiger partial charge in [0.1, 0.15) is 17.6 Å². The van der Waals surface area contributed by atoms with Crippen LogP contribution in [0.3, 0.4) is 0 Å². The number of rotatable bonds is 5. The summed E-state index contributed by atoms with van der Waals surface area (Å²) in [5.74, 6) is -0.0224. The predicted octanol–water partition coefficient (Wildman–Crippen LogP) is 4.60. The van der Waals surface area contributed by atoms with Crippen LogP contribution in [0.4, 0.5) is 4.39 Å². The number of esters is 1. The summed E-state index contributed by atoms with van der Waals surface area (Å²) in [6.45, 7) is 2.19. The maximum atomic E-state index is 13.1. The predicted molar refractivity (Wildman–Crippen MR) is 81.7 cm³/mol. The zero-order chi connectivity index (χ0) is 15.9. The van der Waals surface area contributed by atoms with Crippen molar-refractivity contribution in [1.29, 1.82) is 5.26 Å². The van der Waals surface area contributed by atoms with E-state index in [0.29, 0.717) is 0 Å². The lowest BCUT2D eigenvalue weighted by molar-refractivity contribution is -0.140. The Morgan fingerprint density at radius 3 is 2.73 bits per heavy atom. The molecule has 0 spiro atoms. The SMILES string of the molecule is CCCC[C@H]1CC[C@H](C(=O)Oc2ccc(F)cc2C#N)CC1. The minimum absolute atomic E-state index is 0.0602. The van der Waals surface area contributed by atoms with Crippen LogP contribution in [0.1, 0.15) is 57.4 Å². The number of carbonyl (C=O) groups is 1. The Bertz CT molecular complexity index is 557. The molecule has 0 aromatic heterocycles. The molecule has 3 nitrogen and oxygen atoms in total. The van der Waals surface area contributed by atoms with Gasteiger partial charge in [0.2, 0.25) is 0 Å². The van der Waals surface area contributed by atoms with E-state index in [0.717, 1.165) is 37.7 Å². The molecule has 0 heterocycles. The monoisotopic (exact) mass is 303 g/mol. The second kappa shape index (κ2) is 7.93. The first-order valence-corrected chi connectivity index (χ1v) is 8.05. The summed E-state index contributed by atoms with van der Waals surface area (Å²) < 4.78 is 18.4. The molecule has 1 aromatic rings. The van der Waals surface area contributed by atoms with Gasteiger partial charge in [0.25, 0.3) is 0 Å². The van der Waals surface area contributed by atoms with Gasteiger partial charge in [-0.1, -0.05) is 26.2 Å². The van der Waals surface area contributed by atoms with E-state index in [1.165, 1.54) is 31.4 Å². The van der Waals surface area contributed by atoms with E-state index in [9.17, 15) is 9.18 Å². The molecule has 1 saturated carbocycles. The number of carbonyl (C=O) groups excluding carboxylic acids is 1. The van der Waals surface area contributed by atoms with Crippen molar-refractivity contribution in [3.05, 3.63) is 29.6 Å². The van der Waals surface area contributed by atoms with Crippen molar-refractivity contribution in [1.82, 2.24) is 0 Å². The van der Waals surface area contributed by atoms with Crippen molar-refractivity contribution in [2.45, 2.75) is 51.9 Å². The fourth-order valence-corrected chi connectivity index (χ4v) is 3.05. The summed E-state index contributed by atoms with van der Waals surface area (Å²) in [5, 5.41) is 8.98. The second-order valence-electron chi connectivity index (χ2n) is 6.03. The van der Waals surface area contributed by atoms with Crippen LogP contribution in [0.15, 0.2) is 18.2 Å². The van der Waals surface area contributed by atoms with Gasteiger partial charge >= 0.3 is 5.97 Å². The minimum Gasteiger partial charge on any atom is -0.425 e. The van der Waals surface area contributed by atoms with E-state index in [4.69, 9.17) is 10.00 Å². The highest BCUT2D eigenvalue weighted by molar-refractivity contribution is 5.76. The number of hydrogen-bond donors (Lipinski definition) is 0. The Labute approximate surface area is 131 Å². The summed E-state index contributed by atoms with van der Waals surface area (Å²) in [7, 11) is 0. The molecule has 0 radical (unpaired) electrons. The Morgan fingerprint density at radius 2 is 2.09 bits per heavy atom. The highest BCUT2D eigenvalue weighted by Gasteiger charge is 2.27. The van der Waals surface area contributed by atoms with Gasteiger partial charge in [0.15, 0.2) is 0 Å². The third-order valence-corrected chi connectivity index (χ3v) is 4.42. The summed E-state index contributed by atoms with van der Waals surface area (Å²) >= 11 is 0. The molecule has 0 N–H and O–H groups in total. The zero-order valence-corrected chi connectivity index (χ0v) is 13.0. The highest BCUT2D eigenvalue weighted by atomic mass is 19.1. The van der Waals surface area contributed by atoms with Gasteiger partial charge in [0.05, 0.1) is 11.5 Å². The molecule has 1 aliphatic carbocycles. The Hall–Kier alpha value is -1.89. The number of benzene rings is 1. The average molecular weight is 303 g/mol. The third-order valence-electron chi connectivity index (χ3n) is 4.42. The van der Waals surface area contributed by atoms with Crippen LogP contribution >= 0.6 is 0 Å². The first kappa shape index (κ1) is 16.5. The maximum Gasteiger partial charge on any atom is 0.314 e. The zero-order valence-electron chi connectivity index (χ0n) is 13.0. The van der Waals surface area contributed by atoms with Gasteiger partial charge in [-0.05, 0) is 49.8 Å². The molecule has 118 valence electrons. The lowest BCUT2D eigenvalue weighted by atomic mass is 9.80. The largest absolute Gasteiger partial charge is 0.425 e. The van der Waals surface area contributed by atoms with Gasteiger partial charge in [-0.2, -0.15) is 5.26 Å². The van der Waals surface area contributed by atoms with Crippen LogP contribution < -0.4 is 4.74 Å². The van der Waals surface area contributed by atoms with Gasteiger partial charge in [-0.25, -0.2) is 4.39 Å². The maximum absolute atomic E-state index is 13.1. The van der Waals surface area contributed by atoms with E-state index in [-0.39, 0.29) is 23.2 Å². The number of unbranched alkanes of at least 4 members (excludes halogenated alkanes) is 1. The van der Waals surface area contributed by atoms with Crippen molar-refractivity contribution in [3.63, 3.8) is 0 Å². The first-order valence-electron chi connectivity index (χ1n) is 8.05. The van der Waals surface area contributed by atoms with E-state index >= 15 is 0 Å². The Morgan fingerprint density at radius 1 is 1.36 bits per heavy atom. The molecule has 1 aliphatic rings. The van der Waals surface area contributed by atoms with Crippen LogP contribution in [0, 0.1) is 29.0 Å². The van der Waals surface area contributed by atoms with Crippen molar-refractivity contribution < 1.29 is 13.9 Å². The second-order valence-corrected chi connectivity index (χ2v) is 6.03. The molecule has 4 heteroatoms. The first-order chi connectivity index (χ1) is 10.6. The Kier molecular flexibility index (Phi) is 5.94. The van der Waals surface area contributed by atoms with Gasteiger partial charge in [-0.15, -0.1) is 0 Å². The van der Waals surface area contributed by atoms with E-state index in [2.05, 4.69) is 6.92 Å². The normalized spacial score (nSPS) is 21.1. The molecular formula is C18H22FNO2. The smallest absolute Gasteiger partial charge is 0.314 e. The average Bonchev–Trinajstić information content (AvgIpc) is 2.54. The molecule has 0 unspecified atom stereocenters. The number of halogens is 1.